The number of aryl methyl sites for hydroxylation is 3. The van der Waals surface area contributed by atoms with Crippen LogP contribution in [0.5, 0.6) is 0 Å². The minimum atomic E-state index is 0.202. The maximum Gasteiger partial charge on any atom is 0.256 e. The van der Waals surface area contributed by atoms with Crippen LogP contribution in [0.25, 0.3) is 5.69 Å². The molecule has 1 atom stereocenters. The summed E-state index contributed by atoms with van der Waals surface area (Å²) in [4.78, 5) is 15.4. The number of carbonyl (C=O) groups excluding carboxylic acids is 1. The highest BCUT2D eigenvalue weighted by molar-refractivity contribution is 5.98. The van der Waals surface area contributed by atoms with Crippen molar-refractivity contribution in [3.8, 4) is 5.69 Å². The minimum Gasteiger partial charge on any atom is -0.338 e. The number of hydrogen-bond donors (Lipinski definition) is 0. The molecule has 1 aliphatic heterocycles. The Labute approximate surface area is 150 Å². The van der Waals surface area contributed by atoms with Gasteiger partial charge >= 0.3 is 0 Å². The van der Waals surface area contributed by atoms with Crippen LogP contribution < -0.4 is 0 Å². The molecule has 2 aliphatic rings. The van der Waals surface area contributed by atoms with Crippen molar-refractivity contribution in [2.45, 2.75) is 46.5 Å². The number of benzene rings is 1. The Balaban J connectivity index is 1.65. The highest BCUT2D eigenvalue weighted by Gasteiger charge is 2.35. The van der Waals surface area contributed by atoms with Crippen molar-refractivity contribution in [1.29, 1.82) is 0 Å². The lowest BCUT2D eigenvalue weighted by atomic mass is 9.75. The summed E-state index contributed by atoms with van der Waals surface area (Å²) in [5.74, 6) is 1.79. The summed E-state index contributed by atoms with van der Waals surface area (Å²) in [6.07, 6.45) is 5.29. The van der Waals surface area contributed by atoms with Gasteiger partial charge in [0, 0.05) is 24.5 Å². The van der Waals surface area contributed by atoms with Crippen molar-refractivity contribution in [3.63, 3.8) is 0 Å². The van der Waals surface area contributed by atoms with E-state index in [2.05, 4.69) is 60.6 Å². The second-order valence-electron chi connectivity index (χ2n) is 7.96. The van der Waals surface area contributed by atoms with E-state index < -0.39 is 0 Å². The third-order valence-corrected chi connectivity index (χ3v) is 6.22. The van der Waals surface area contributed by atoms with Crippen molar-refractivity contribution in [3.05, 3.63) is 52.8 Å². The fourth-order valence-electron chi connectivity index (χ4n) is 4.50. The summed E-state index contributed by atoms with van der Waals surface area (Å²) in [7, 11) is 0. The van der Waals surface area contributed by atoms with E-state index in [-0.39, 0.29) is 5.91 Å². The van der Waals surface area contributed by atoms with Gasteiger partial charge in [0.05, 0.1) is 11.3 Å². The molecule has 2 heterocycles. The Bertz CT molecular complexity index is 781. The molecular formula is C22H28N2O. The van der Waals surface area contributed by atoms with E-state index in [0.717, 1.165) is 41.7 Å². The average Bonchev–Trinajstić information content (AvgIpc) is 3.13. The molecule has 1 unspecified atom stereocenters. The van der Waals surface area contributed by atoms with E-state index in [1.54, 1.807) is 0 Å². The Kier molecular flexibility index (Phi) is 4.18. The van der Waals surface area contributed by atoms with Crippen LogP contribution >= 0.6 is 0 Å². The third-order valence-electron chi connectivity index (χ3n) is 6.22. The average molecular weight is 336 g/mol. The molecule has 2 fully saturated rings. The zero-order valence-electron chi connectivity index (χ0n) is 15.6. The highest BCUT2D eigenvalue weighted by Crippen LogP contribution is 2.38. The monoisotopic (exact) mass is 336 g/mol. The summed E-state index contributed by atoms with van der Waals surface area (Å²) in [6, 6.07) is 10.5. The number of amides is 1. The lowest BCUT2D eigenvalue weighted by molar-refractivity contribution is 0.0775. The molecule has 1 amide bonds. The van der Waals surface area contributed by atoms with Gasteiger partial charge in [0.25, 0.3) is 5.91 Å². The van der Waals surface area contributed by atoms with Crippen LogP contribution in [0.2, 0.25) is 0 Å². The molecule has 1 aliphatic carbocycles. The molecule has 1 aromatic carbocycles. The molecule has 1 aromatic heterocycles. The van der Waals surface area contributed by atoms with E-state index in [0.29, 0.717) is 0 Å². The van der Waals surface area contributed by atoms with Gasteiger partial charge in [0.2, 0.25) is 0 Å². The van der Waals surface area contributed by atoms with Crippen molar-refractivity contribution >= 4 is 5.91 Å². The number of hydrogen-bond acceptors (Lipinski definition) is 1. The SMILES string of the molecule is Cc1ccc(-n2c(C)ccc2C)c(C(=O)N2CCC(C3CCC3)C2)c1. The molecule has 25 heavy (non-hydrogen) atoms. The van der Waals surface area contributed by atoms with Crippen LogP contribution in [0.1, 0.15) is 53.0 Å². The molecule has 4 rings (SSSR count). The van der Waals surface area contributed by atoms with Crippen molar-refractivity contribution in [2.75, 3.05) is 13.1 Å². The number of carbonyl (C=O) groups is 1. The van der Waals surface area contributed by atoms with E-state index in [4.69, 9.17) is 0 Å². The Morgan fingerprint density at radius 1 is 0.960 bits per heavy atom. The maximum absolute atomic E-state index is 13.3. The zero-order valence-corrected chi connectivity index (χ0v) is 15.6. The van der Waals surface area contributed by atoms with E-state index in [1.807, 2.05) is 0 Å². The molecule has 1 saturated carbocycles. The Morgan fingerprint density at radius 2 is 1.68 bits per heavy atom. The van der Waals surface area contributed by atoms with Gasteiger partial charge in [-0.05, 0) is 63.3 Å². The first-order valence-electron chi connectivity index (χ1n) is 9.60. The third kappa shape index (κ3) is 2.90. The molecule has 3 heteroatoms. The van der Waals surface area contributed by atoms with Crippen LogP contribution in [0, 0.1) is 32.6 Å². The summed E-state index contributed by atoms with van der Waals surface area (Å²) >= 11 is 0. The van der Waals surface area contributed by atoms with Crippen molar-refractivity contribution < 1.29 is 4.79 Å². The number of nitrogens with zero attached hydrogens (tertiary/aromatic N) is 2. The van der Waals surface area contributed by atoms with Crippen LogP contribution in [0.15, 0.2) is 30.3 Å². The number of likely N-dealkylation sites (tertiary alicyclic amines) is 1. The molecule has 1 saturated heterocycles. The molecule has 3 nitrogen and oxygen atoms in total. The Morgan fingerprint density at radius 3 is 2.32 bits per heavy atom. The van der Waals surface area contributed by atoms with Gasteiger partial charge in [0.1, 0.15) is 0 Å². The standard InChI is InChI=1S/C22H28N2O/c1-15-7-10-21(24-16(2)8-9-17(24)3)20(13-15)22(25)23-12-11-19(14-23)18-5-4-6-18/h7-10,13,18-19H,4-6,11-12,14H2,1-3H3. The smallest absolute Gasteiger partial charge is 0.256 e. The lowest BCUT2D eigenvalue weighted by Gasteiger charge is -2.31. The topological polar surface area (TPSA) is 25.2 Å². The largest absolute Gasteiger partial charge is 0.338 e. The minimum absolute atomic E-state index is 0.202. The molecule has 0 bridgehead atoms. The lowest BCUT2D eigenvalue weighted by Crippen LogP contribution is -2.32. The maximum atomic E-state index is 13.3. The van der Waals surface area contributed by atoms with E-state index >= 15 is 0 Å². The van der Waals surface area contributed by atoms with Crippen LogP contribution in [0.4, 0.5) is 0 Å². The van der Waals surface area contributed by atoms with Gasteiger partial charge in [-0.3, -0.25) is 4.79 Å². The fraction of sp³-hybridized carbons (Fsp3) is 0.500. The van der Waals surface area contributed by atoms with Gasteiger partial charge in [0.15, 0.2) is 0 Å². The summed E-state index contributed by atoms with van der Waals surface area (Å²) in [5.41, 5.74) is 5.34. The molecule has 132 valence electrons. The predicted molar refractivity (Wildman–Crippen MR) is 101 cm³/mol. The fourth-order valence-corrected chi connectivity index (χ4v) is 4.50. The van der Waals surface area contributed by atoms with Crippen LogP contribution in [-0.4, -0.2) is 28.5 Å². The number of aromatic nitrogens is 1. The van der Waals surface area contributed by atoms with E-state index in [9.17, 15) is 4.79 Å². The van der Waals surface area contributed by atoms with Gasteiger partial charge < -0.3 is 9.47 Å². The zero-order chi connectivity index (χ0) is 17.6. The quantitative estimate of drug-likeness (QED) is 0.800. The molecule has 0 N–H and O–H groups in total. The van der Waals surface area contributed by atoms with Gasteiger partial charge in [-0.15, -0.1) is 0 Å². The number of rotatable bonds is 3. The normalized spacial score (nSPS) is 20.8. The first-order chi connectivity index (χ1) is 12.0. The second kappa shape index (κ2) is 6.36. The van der Waals surface area contributed by atoms with E-state index in [1.165, 1.54) is 37.1 Å². The van der Waals surface area contributed by atoms with Gasteiger partial charge in [-0.25, -0.2) is 0 Å². The second-order valence-corrected chi connectivity index (χ2v) is 7.96. The summed E-state index contributed by atoms with van der Waals surface area (Å²) in [5, 5.41) is 0. The first kappa shape index (κ1) is 16.4. The van der Waals surface area contributed by atoms with Gasteiger partial charge in [-0.1, -0.05) is 30.9 Å². The van der Waals surface area contributed by atoms with Crippen LogP contribution in [0.3, 0.4) is 0 Å². The Hall–Kier alpha value is -2.03. The summed E-state index contributed by atoms with van der Waals surface area (Å²) < 4.78 is 2.20. The molecule has 0 radical (unpaired) electrons. The van der Waals surface area contributed by atoms with Crippen molar-refractivity contribution in [2.24, 2.45) is 11.8 Å². The van der Waals surface area contributed by atoms with Crippen molar-refractivity contribution in [1.82, 2.24) is 9.47 Å². The van der Waals surface area contributed by atoms with Crippen LogP contribution in [-0.2, 0) is 0 Å². The molecule has 2 aromatic rings. The summed E-state index contributed by atoms with van der Waals surface area (Å²) in [6.45, 7) is 8.13. The predicted octanol–water partition coefficient (Wildman–Crippen LogP) is 4.66. The van der Waals surface area contributed by atoms with Gasteiger partial charge in [-0.2, -0.15) is 0 Å². The first-order valence-corrected chi connectivity index (χ1v) is 9.60. The molecule has 0 spiro atoms. The molecular weight excluding hydrogens is 308 g/mol. The highest BCUT2D eigenvalue weighted by atomic mass is 16.2.